The van der Waals surface area contributed by atoms with E-state index in [1.807, 2.05) is 74.4 Å². The van der Waals surface area contributed by atoms with Crippen molar-refractivity contribution in [3.63, 3.8) is 0 Å². The van der Waals surface area contributed by atoms with Crippen molar-refractivity contribution >= 4 is 33.5 Å². The molecule has 1 aliphatic rings. The number of rotatable bonds is 4. The molecule has 1 aliphatic heterocycles. The fraction of sp³-hybridized carbons (Fsp3) is 0.190. The highest BCUT2D eigenvalue weighted by atomic mass is 79.9. The number of halogens is 1. The van der Waals surface area contributed by atoms with Crippen molar-refractivity contribution in [2.24, 2.45) is 5.73 Å². The summed E-state index contributed by atoms with van der Waals surface area (Å²) in [6, 6.07) is 15.3. The van der Waals surface area contributed by atoms with Crippen molar-refractivity contribution in [3.8, 4) is 11.4 Å². The van der Waals surface area contributed by atoms with Gasteiger partial charge in [-0.25, -0.2) is 4.68 Å². The predicted molar refractivity (Wildman–Crippen MR) is 118 cm³/mol. The van der Waals surface area contributed by atoms with Gasteiger partial charge in [-0.15, -0.1) is 5.10 Å². The molecule has 0 saturated heterocycles. The zero-order chi connectivity index (χ0) is 20.7. The molecule has 0 spiro atoms. The summed E-state index contributed by atoms with van der Waals surface area (Å²) >= 11 is 3.45. The van der Waals surface area contributed by atoms with Gasteiger partial charge in [0.05, 0.1) is 5.57 Å². The van der Waals surface area contributed by atoms with Crippen molar-refractivity contribution in [2.75, 3.05) is 24.3 Å². The molecule has 29 heavy (non-hydrogen) atoms. The second-order valence-electron chi connectivity index (χ2n) is 7.13. The number of aromatic nitrogens is 3. The number of carbonyl (C=O) groups is 1. The smallest absolute Gasteiger partial charge is 0.248 e. The number of anilines is 2. The summed E-state index contributed by atoms with van der Waals surface area (Å²) in [6.45, 7) is 1.83. The highest BCUT2D eigenvalue weighted by molar-refractivity contribution is 9.10. The van der Waals surface area contributed by atoms with Crippen LogP contribution in [0.15, 0.2) is 64.3 Å². The fourth-order valence-corrected chi connectivity index (χ4v) is 3.72. The molecule has 0 fully saturated rings. The largest absolute Gasteiger partial charge is 0.378 e. The Balaban J connectivity index is 1.81. The Morgan fingerprint density at radius 1 is 1.14 bits per heavy atom. The highest BCUT2D eigenvalue weighted by Gasteiger charge is 2.33. The van der Waals surface area contributed by atoms with Crippen molar-refractivity contribution in [1.82, 2.24) is 14.8 Å². The lowest BCUT2D eigenvalue weighted by Crippen LogP contribution is -2.31. The Hall–Kier alpha value is -3.13. The van der Waals surface area contributed by atoms with Gasteiger partial charge in [0.25, 0.3) is 0 Å². The maximum absolute atomic E-state index is 12.3. The summed E-state index contributed by atoms with van der Waals surface area (Å²) < 4.78 is 2.68. The Bertz CT molecular complexity index is 1100. The molecule has 0 bridgehead atoms. The number of primary amides is 1. The average Bonchev–Trinajstić information content (AvgIpc) is 3.11. The van der Waals surface area contributed by atoms with Gasteiger partial charge in [-0.2, -0.15) is 4.98 Å². The Labute approximate surface area is 177 Å². The minimum Gasteiger partial charge on any atom is -0.378 e. The zero-order valence-electron chi connectivity index (χ0n) is 16.3. The normalized spacial score (nSPS) is 15.7. The van der Waals surface area contributed by atoms with Gasteiger partial charge in [0, 0.05) is 35.5 Å². The third-order valence-electron chi connectivity index (χ3n) is 4.95. The molecular formula is C21H21BrN6O. The predicted octanol–water partition coefficient (Wildman–Crippen LogP) is 3.55. The first kappa shape index (κ1) is 19.2. The van der Waals surface area contributed by atoms with E-state index < -0.39 is 11.9 Å². The number of carbonyl (C=O) groups excluding carboxylic acids is 1. The van der Waals surface area contributed by atoms with Gasteiger partial charge in [0.15, 0.2) is 5.82 Å². The summed E-state index contributed by atoms with van der Waals surface area (Å²) in [5.41, 5.74) is 9.77. The standard InChI is InChI=1S/C21H21BrN6O/c1-12-17(19(23)29)18(13-4-8-15(22)9-5-13)28-21(24-12)25-20(26-28)14-6-10-16(11-7-14)27(2)3/h4-11,18H,1-3H3,(H2,23,29)(H,24,25,26). The molecule has 7 nitrogen and oxygen atoms in total. The van der Waals surface area contributed by atoms with E-state index in [0.717, 1.165) is 21.3 Å². The summed E-state index contributed by atoms with van der Waals surface area (Å²) in [4.78, 5) is 19.0. The molecule has 4 rings (SSSR count). The van der Waals surface area contributed by atoms with Crippen LogP contribution < -0.4 is 16.0 Å². The number of nitrogens with one attached hydrogen (secondary N) is 1. The number of allylic oxidation sites excluding steroid dienone is 1. The van der Waals surface area contributed by atoms with E-state index in [1.165, 1.54) is 0 Å². The average molecular weight is 453 g/mol. The van der Waals surface area contributed by atoms with E-state index >= 15 is 0 Å². The maximum atomic E-state index is 12.3. The summed E-state index contributed by atoms with van der Waals surface area (Å²) in [6.07, 6.45) is 0. The minimum atomic E-state index is -0.485. The van der Waals surface area contributed by atoms with Crippen molar-refractivity contribution in [1.29, 1.82) is 0 Å². The lowest BCUT2D eigenvalue weighted by atomic mass is 9.95. The molecule has 0 aliphatic carbocycles. The van der Waals surface area contributed by atoms with Crippen LogP contribution in [0.4, 0.5) is 11.6 Å². The molecular weight excluding hydrogens is 432 g/mol. The van der Waals surface area contributed by atoms with Gasteiger partial charge in [-0.3, -0.25) is 4.79 Å². The number of amides is 1. The number of hydrogen-bond acceptors (Lipinski definition) is 5. The van der Waals surface area contributed by atoms with E-state index in [9.17, 15) is 4.79 Å². The van der Waals surface area contributed by atoms with E-state index in [1.54, 1.807) is 4.68 Å². The van der Waals surface area contributed by atoms with Crippen LogP contribution in [0.5, 0.6) is 0 Å². The lowest BCUT2D eigenvalue weighted by molar-refractivity contribution is -0.115. The van der Waals surface area contributed by atoms with Crippen molar-refractivity contribution in [3.05, 3.63) is 69.8 Å². The molecule has 2 aromatic carbocycles. The van der Waals surface area contributed by atoms with Crippen LogP contribution >= 0.6 is 15.9 Å². The van der Waals surface area contributed by atoms with Gasteiger partial charge in [-0.05, 0) is 48.9 Å². The molecule has 148 valence electrons. The molecule has 0 radical (unpaired) electrons. The molecule has 3 N–H and O–H groups in total. The molecule has 2 heterocycles. The van der Waals surface area contributed by atoms with E-state index in [-0.39, 0.29) is 0 Å². The van der Waals surface area contributed by atoms with Gasteiger partial charge >= 0.3 is 0 Å². The minimum absolute atomic E-state index is 0.445. The third kappa shape index (κ3) is 3.51. The fourth-order valence-electron chi connectivity index (χ4n) is 3.45. The van der Waals surface area contributed by atoms with Crippen LogP contribution in [0.3, 0.4) is 0 Å². The SMILES string of the molecule is CC1=C(C(N)=O)C(c2ccc(Br)cc2)n2nc(-c3ccc(N(C)C)cc3)nc2N1. The number of hydrogen-bond donors (Lipinski definition) is 2. The summed E-state index contributed by atoms with van der Waals surface area (Å²) in [5.74, 6) is 0.673. The molecule has 1 atom stereocenters. The number of fused-ring (bicyclic) bond motifs is 1. The molecule has 8 heteroatoms. The number of nitrogens with two attached hydrogens (primary N) is 1. The van der Waals surface area contributed by atoms with Gasteiger partial charge in [0.1, 0.15) is 6.04 Å². The molecule has 3 aromatic rings. The Morgan fingerprint density at radius 2 is 1.79 bits per heavy atom. The second kappa shape index (κ2) is 7.36. The van der Waals surface area contributed by atoms with Crippen LogP contribution in [-0.4, -0.2) is 34.8 Å². The van der Waals surface area contributed by atoms with Crippen LogP contribution in [0.1, 0.15) is 18.5 Å². The first-order chi connectivity index (χ1) is 13.8. The zero-order valence-corrected chi connectivity index (χ0v) is 17.9. The number of nitrogens with zero attached hydrogens (tertiary/aromatic N) is 4. The van der Waals surface area contributed by atoms with Crippen molar-refractivity contribution < 1.29 is 4.79 Å². The van der Waals surface area contributed by atoms with Gasteiger partial charge in [0.2, 0.25) is 11.9 Å². The van der Waals surface area contributed by atoms with E-state index in [2.05, 4.69) is 26.2 Å². The van der Waals surface area contributed by atoms with Crippen LogP contribution in [0.2, 0.25) is 0 Å². The summed E-state index contributed by atoms with van der Waals surface area (Å²) in [5, 5.41) is 7.89. The molecule has 0 saturated carbocycles. The first-order valence-corrected chi connectivity index (χ1v) is 9.92. The maximum Gasteiger partial charge on any atom is 0.248 e. The van der Waals surface area contributed by atoms with Crippen LogP contribution in [0, 0.1) is 0 Å². The lowest BCUT2D eigenvalue weighted by Gasteiger charge is -2.27. The second-order valence-corrected chi connectivity index (χ2v) is 8.04. The first-order valence-electron chi connectivity index (χ1n) is 9.12. The highest BCUT2D eigenvalue weighted by Crippen LogP contribution is 2.36. The Morgan fingerprint density at radius 3 is 2.38 bits per heavy atom. The number of benzene rings is 2. The van der Waals surface area contributed by atoms with E-state index in [0.29, 0.717) is 23.0 Å². The molecule has 1 unspecified atom stereocenters. The van der Waals surface area contributed by atoms with Gasteiger partial charge in [-0.1, -0.05) is 28.1 Å². The third-order valence-corrected chi connectivity index (χ3v) is 5.47. The molecule has 1 amide bonds. The quantitative estimate of drug-likeness (QED) is 0.631. The monoisotopic (exact) mass is 452 g/mol. The van der Waals surface area contributed by atoms with Crippen LogP contribution in [0.25, 0.3) is 11.4 Å². The summed E-state index contributed by atoms with van der Waals surface area (Å²) in [7, 11) is 3.99. The Kier molecular flexibility index (Phi) is 4.87. The molecule has 1 aromatic heterocycles. The van der Waals surface area contributed by atoms with Crippen molar-refractivity contribution in [2.45, 2.75) is 13.0 Å². The van der Waals surface area contributed by atoms with Crippen LogP contribution in [-0.2, 0) is 4.79 Å². The topological polar surface area (TPSA) is 89.1 Å². The van der Waals surface area contributed by atoms with E-state index in [4.69, 9.17) is 10.8 Å². The van der Waals surface area contributed by atoms with Gasteiger partial charge < -0.3 is 16.0 Å².